The highest BCUT2D eigenvalue weighted by molar-refractivity contribution is 7.89. The summed E-state index contributed by atoms with van der Waals surface area (Å²) in [5, 5.41) is 8.29. The Bertz CT molecular complexity index is 633. The second-order valence-corrected chi connectivity index (χ2v) is 5.66. The first kappa shape index (κ1) is 12.7. The highest BCUT2D eigenvalue weighted by Crippen LogP contribution is 2.20. The summed E-state index contributed by atoms with van der Waals surface area (Å²) in [5.41, 5.74) is 2.83. The van der Waals surface area contributed by atoms with Crippen LogP contribution in [0.4, 0.5) is 5.69 Å². The number of hydrogen-bond acceptors (Lipinski definition) is 3. The molecule has 1 heterocycles. The summed E-state index contributed by atoms with van der Waals surface area (Å²) in [7, 11) is -3.66. The largest absolute Gasteiger partial charge is 0.381 e. The van der Waals surface area contributed by atoms with Crippen LogP contribution < -0.4 is 10.5 Å². The van der Waals surface area contributed by atoms with Crippen molar-refractivity contribution in [3.8, 4) is 0 Å². The fraction of sp³-hybridized carbons (Fsp3) is 0.167. The fourth-order valence-corrected chi connectivity index (χ4v) is 2.17. The van der Waals surface area contributed by atoms with E-state index in [0.29, 0.717) is 6.54 Å². The van der Waals surface area contributed by atoms with Crippen LogP contribution in [0.2, 0.25) is 0 Å². The third kappa shape index (κ3) is 2.91. The van der Waals surface area contributed by atoms with Crippen LogP contribution in [-0.2, 0) is 16.6 Å². The second-order valence-electron chi connectivity index (χ2n) is 4.09. The molecule has 0 fully saturated rings. The normalized spacial score (nSPS) is 11.4. The van der Waals surface area contributed by atoms with E-state index in [0.717, 1.165) is 16.8 Å². The van der Waals surface area contributed by atoms with E-state index in [-0.39, 0.29) is 4.90 Å². The van der Waals surface area contributed by atoms with Crippen molar-refractivity contribution in [3.05, 3.63) is 47.8 Å². The zero-order valence-corrected chi connectivity index (χ0v) is 10.8. The average Bonchev–Trinajstić information content (AvgIpc) is 2.79. The first-order valence-corrected chi connectivity index (χ1v) is 7.00. The first-order chi connectivity index (χ1) is 8.47. The number of nitrogens with one attached hydrogen (secondary N) is 2. The van der Waals surface area contributed by atoms with E-state index < -0.39 is 10.0 Å². The van der Waals surface area contributed by atoms with Gasteiger partial charge in [0.15, 0.2) is 0 Å². The Hall–Kier alpha value is -1.79. The van der Waals surface area contributed by atoms with Gasteiger partial charge in [-0.15, -0.1) is 0 Å². The summed E-state index contributed by atoms with van der Waals surface area (Å²) < 4.78 is 22.5. The van der Waals surface area contributed by atoms with Gasteiger partial charge in [0.1, 0.15) is 0 Å². The van der Waals surface area contributed by atoms with Crippen LogP contribution in [0.5, 0.6) is 0 Å². The van der Waals surface area contributed by atoms with Gasteiger partial charge in [0.2, 0.25) is 10.0 Å². The molecular weight excluding hydrogens is 250 g/mol. The molecule has 0 spiro atoms. The number of sulfonamides is 1. The summed E-state index contributed by atoms with van der Waals surface area (Å²) >= 11 is 0. The molecule has 0 saturated heterocycles. The van der Waals surface area contributed by atoms with Gasteiger partial charge in [-0.25, -0.2) is 13.6 Å². The van der Waals surface area contributed by atoms with E-state index in [4.69, 9.17) is 5.14 Å². The molecular formula is C12H15N3O2S. The standard InChI is InChI=1S/C12H15N3O2S/c1-9-2-3-11(18(13,16)17)6-12(9)15-8-10-4-5-14-7-10/h2-7,14-15H,8H2,1H3,(H2,13,16,17). The number of anilines is 1. The Balaban J connectivity index is 2.22. The van der Waals surface area contributed by atoms with Crippen LogP contribution in [0.1, 0.15) is 11.1 Å². The van der Waals surface area contributed by atoms with E-state index in [1.165, 1.54) is 6.07 Å². The van der Waals surface area contributed by atoms with Crippen molar-refractivity contribution >= 4 is 15.7 Å². The van der Waals surface area contributed by atoms with Crippen LogP contribution in [0.3, 0.4) is 0 Å². The summed E-state index contributed by atoms with van der Waals surface area (Å²) in [4.78, 5) is 3.08. The molecule has 0 aliphatic carbocycles. The third-order valence-electron chi connectivity index (χ3n) is 2.68. The van der Waals surface area contributed by atoms with Crippen LogP contribution in [0, 0.1) is 6.92 Å². The third-order valence-corrected chi connectivity index (χ3v) is 3.59. The summed E-state index contributed by atoms with van der Waals surface area (Å²) in [6.45, 7) is 2.53. The Kier molecular flexibility index (Phi) is 3.40. The van der Waals surface area contributed by atoms with E-state index in [9.17, 15) is 8.42 Å². The Labute approximate surface area is 106 Å². The van der Waals surface area contributed by atoms with Crippen molar-refractivity contribution < 1.29 is 8.42 Å². The molecule has 5 nitrogen and oxygen atoms in total. The summed E-state index contributed by atoms with van der Waals surface area (Å²) in [6.07, 6.45) is 3.72. The molecule has 0 aliphatic heterocycles. The Morgan fingerprint density at radius 3 is 2.72 bits per heavy atom. The molecule has 0 aliphatic rings. The Morgan fingerprint density at radius 1 is 1.33 bits per heavy atom. The summed E-state index contributed by atoms with van der Waals surface area (Å²) in [6, 6.07) is 6.74. The molecule has 4 N–H and O–H groups in total. The van der Waals surface area contributed by atoms with Crippen molar-refractivity contribution in [2.24, 2.45) is 5.14 Å². The van der Waals surface area contributed by atoms with Crippen LogP contribution in [0.15, 0.2) is 41.6 Å². The molecule has 96 valence electrons. The molecule has 0 saturated carbocycles. The molecule has 0 unspecified atom stereocenters. The molecule has 2 aromatic rings. The van der Waals surface area contributed by atoms with Crippen molar-refractivity contribution in [2.75, 3.05) is 5.32 Å². The fourth-order valence-electron chi connectivity index (χ4n) is 1.63. The van der Waals surface area contributed by atoms with Crippen LogP contribution >= 0.6 is 0 Å². The molecule has 0 amide bonds. The maximum atomic E-state index is 11.3. The van der Waals surface area contributed by atoms with Gasteiger partial charge in [-0.2, -0.15) is 0 Å². The number of aromatic amines is 1. The minimum atomic E-state index is -3.66. The van der Waals surface area contributed by atoms with Gasteiger partial charge in [-0.1, -0.05) is 6.07 Å². The second kappa shape index (κ2) is 4.83. The minimum Gasteiger partial charge on any atom is -0.381 e. The quantitative estimate of drug-likeness (QED) is 0.784. The van der Waals surface area contributed by atoms with Crippen molar-refractivity contribution in [3.63, 3.8) is 0 Å². The lowest BCUT2D eigenvalue weighted by atomic mass is 10.2. The van der Waals surface area contributed by atoms with Crippen LogP contribution in [0.25, 0.3) is 0 Å². The van der Waals surface area contributed by atoms with Gasteiger partial charge in [0.25, 0.3) is 0 Å². The van der Waals surface area contributed by atoms with Crippen molar-refractivity contribution in [1.29, 1.82) is 0 Å². The molecule has 2 rings (SSSR count). The molecule has 0 bridgehead atoms. The Morgan fingerprint density at radius 2 is 2.11 bits per heavy atom. The number of hydrogen-bond donors (Lipinski definition) is 3. The van der Waals surface area contributed by atoms with Gasteiger partial charge >= 0.3 is 0 Å². The van der Waals surface area contributed by atoms with E-state index in [1.807, 2.05) is 25.4 Å². The lowest BCUT2D eigenvalue weighted by molar-refractivity contribution is 0.598. The lowest BCUT2D eigenvalue weighted by Gasteiger charge is -2.10. The predicted molar refractivity (Wildman–Crippen MR) is 70.7 cm³/mol. The van der Waals surface area contributed by atoms with Gasteiger partial charge < -0.3 is 10.3 Å². The maximum Gasteiger partial charge on any atom is 0.238 e. The molecule has 1 aromatic heterocycles. The smallest absolute Gasteiger partial charge is 0.238 e. The van der Waals surface area contributed by atoms with Crippen LogP contribution in [-0.4, -0.2) is 13.4 Å². The maximum absolute atomic E-state index is 11.3. The average molecular weight is 265 g/mol. The first-order valence-electron chi connectivity index (χ1n) is 5.46. The molecule has 18 heavy (non-hydrogen) atoms. The highest BCUT2D eigenvalue weighted by atomic mass is 32.2. The van der Waals surface area contributed by atoms with Crippen molar-refractivity contribution in [2.45, 2.75) is 18.4 Å². The van der Waals surface area contributed by atoms with E-state index in [2.05, 4.69) is 10.3 Å². The molecule has 6 heteroatoms. The number of nitrogens with two attached hydrogens (primary N) is 1. The molecule has 0 radical (unpaired) electrons. The number of H-pyrrole nitrogens is 1. The topological polar surface area (TPSA) is 88.0 Å². The van der Waals surface area contributed by atoms with Crippen molar-refractivity contribution in [1.82, 2.24) is 4.98 Å². The number of primary sulfonamides is 1. The number of benzene rings is 1. The predicted octanol–water partition coefficient (Wildman–Crippen LogP) is 1.58. The molecule has 0 atom stereocenters. The zero-order valence-electron chi connectivity index (χ0n) is 9.97. The lowest BCUT2D eigenvalue weighted by Crippen LogP contribution is -2.12. The van der Waals surface area contributed by atoms with Gasteiger partial charge in [0.05, 0.1) is 4.90 Å². The van der Waals surface area contributed by atoms with Gasteiger partial charge in [-0.05, 0) is 36.2 Å². The highest BCUT2D eigenvalue weighted by Gasteiger charge is 2.09. The summed E-state index contributed by atoms with van der Waals surface area (Å²) in [5.74, 6) is 0. The monoisotopic (exact) mass is 265 g/mol. The number of aromatic nitrogens is 1. The minimum absolute atomic E-state index is 0.115. The van der Waals surface area contributed by atoms with Gasteiger partial charge in [0, 0.05) is 24.6 Å². The zero-order chi connectivity index (χ0) is 13.2. The number of rotatable bonds is 4. The van der Waals surface area contributed by atoms with E-state index >= 15 is 0 Å². The number of aryl methyl sites for hydroxylation is 1. The molecule has 1 aromatic carbocycles. The SMILES string of the molecule is Cc1ccc(S(N)(=O)=O)cc1NCc1cc[nH]c1. The van der Waals surface area contributed by atoms with Gasteiger partial charge in [-0.3, -0.25) is 0 Å². The van der Waals surface area contributed by atoms with E-state index in [1.54, 1.807) is 12.1 Å².